The molecule has 0 amide bonds. The highest BCUT2D eigenvalue weighted by Crippen LogP contribution is 2.22. The Hall–Kier alpha value is -0.970. The number of nitrogens with zero attached hydrogens (tertiary/aromatic N) is 1. The van der Waals surface area contributed by atoms with E-state index >= 15 is 0 Å². The Labute approximate surface area is 121 Å². The summed E-state index contributed by atoms with van der Waals surface area (Å²) in [5.41, 5.74) is 6.98. The summed E-state index contributed by atoms with van der Waals surface area (Å²) in [5.74, 6) is -0.205. The summed E-state index contributed by atoms with van der Waals surface area (Å²) in [4.78, 5) is 2.36. The Morgan fingerprint density at radius 3 is 2.35 bits per heavy atom. The van der Waals surface area contributed by atoms with E-state index in [1.807, 2.05) is 12.1 Å². The van der Waals surface area contributed by atoms with E-state index in [1.165, 1.54) is 12.1 Å². The molecule has 0 fully saturated rings. The van der Waals surface area contributed by atoms with Crippen molar-refractivity contribution < 1.29 is 9.13 Å². The van der Waals surface area contributed by atoms with Crippen molar-refractivity contribution >= 4 is 0 Å². The number of ether oxygens (including phenoxy) is 1. The number of halogens is 1. The summed E-state index contributed by atoms with van der Waals surface area (Å²) in [7, 11) is 1.71. The van der Waals surface area contributed by atoms with Gasteiger partial charge in [-0.15, -0.1) is 0 Å². The molecule has 4 heteroatoms. The maximum atomic E-state index is 13.0. The Balaban J connectivity index is 2.89. The molecule has 0 bridgehead atoms. The normalized spacial score (nSPS) is 14.8. The summed E-state index contributed by atoms with van der Waals surface area (Å²) in [5, 5.41) is 0. The monoisotopic (exact) mass is 282 g/mol. The highest BCUT2D eigenvalue weighted by atomic mass is 19.1. The molecule has 0 heterocycles. The minimum Gasteiger partial charge on any atom is -0.383 e. The lowest BCUT2D eigenvalue weighted by Crippen LogP contribution is -2.56. The van der Waals surface area contributed by atoms with Crippen molar-refractivity contribution in [2.75, 3.05) is 26.8 Å². The number of hydrogen-bond acceptors (Lipinski definition) is 3. The fraction of sp³-hybridized carbons (Fsp3) is 0.625. The zero-order valence-corrected chi connectivity index (χ0v) is 13.0. The van der Waals surface area contributed by atoms with E-state index in [-0.39, 0.29) is 11.4 Å². The summed E-state index contributed by atoms with van der Waals surface area (Å²) in [6.07, 6.45) is 0.797. The van der Waals surface area contributed by atoms with Crippen LogP contribution < -0.4 is 5.73 Å². The molecule has 2 N–H and O–H groups in total. The van der Waals surface area contributed by atoms with E-state index in [0.717, 1.165) is 18.5 Å². The van der Waals surface area contributed by atoms with Crippen molar-refractivity contribution in [1.29, 1.82) is 0 Å². The third kappa shape index (κ3) is 4.54. The maximum Gasteiger partial charge on any atom is 0.123 e. The van der Waals surface area contributed by atoms with Gasteiger partial charge in [-0.3, -0.25) is 4.90 Å². The third-order valence-corrected chi connectivity index (χ3v) is 3.79. The zero-order valence-electron chi connectivity index (χ0n) is 13.0. The summed E-state index contributed by atoms with van der Waals surface area (Å²) >= 11 is 0. The third-order valence-electron chi connectivity index (χ3n) is 3.79. The van der Waals surface area contributed by atoms with E-state index in [9.17, 15) is 4.39 Å². The quantitative estimate of drug-likeness (QED) is 0.796. The lowest BCUT2D eigenvalue weighted by atomic mass is 9.89. The number of benzene rings is 1. The summed E-state index contributed by atoms with van der Waals surface area (Å²) in [6, 6.07) is 7.04. The predicted molar refractivity (Wildman–Crippen MR) is 81.3 cm³/mol. The molecule has 3 nitrogen and oxygen atoms in total. The molecule has 0 aliphatic carbocycles. The molecule has 1 aromatic carbocycles. The van der Waals surface area contributed by atoms with Gasteiger partial charge >= 0.3 is 0 Å². The predicted octanol–water partition coefficient (Wildman–Crippen LogP) is 2.44. The Bertz CT molecular complexity index is 394. The molecule has 114 valence electrons. The molecule has 1 aromatic rings. The van der Waals surface area contributed by atoms with Crippen molar-refractivity contribution in [3.05, 3.63) is 35.6 Å². The topological polar surface area (TPSA) is 38.5 Å². The lowest BCUT2D eigenvalue weighted by Gasteiger charge is -2.43. The van der Waals surface area contributed by atoms with E-state index in [2.05, 4.69) is 25.7 Å². The highest BCUT2D eigenvalue weighted by Gasteiger charge is 2.32. The average molecular weight is 282 g/mol. The van der Waals surface area contributed by atoms with Gasteiger partial charge < -0.3 is 10.5 Å². The van der Waals surface area contributed by atoms with Crippen LogP contribution in [0.4, 0.5) is 4.39 Å². The van der Waals surface area contributed by atoms with Crippen LogP contribution in [0, 0.1) is 5.82 Å². The molecule has 1 atom stereocenters. The van der Waals surface area contributed by atoms with Gasteiger partial charge in [0.25, 0.3) is 0 Å². The van der Waals surface area contributed by atoms with Crippen LogP contribution in [-0.4, -0.2) is 43.3 Å². The molecule has 0 aliphatic rings. The molecule has 0 aliphatic heterocycles. The van der Waals surface area contributed by atoms with Crippen LogP contribution >= 0.6 is 0 Å². The van der Waals surface area contributed by atoms with E-state index in [4.69, 9.17) is 10.5 Å². The van der Waals surface area contributed by atoms with Crippen LogP contribution in [0.25, 0.3) is 0 Å². The fourth-order valence-electron chi connectivity index (χ4n) is 2.67. The van der Waals surface area contributed by atoms with Gasteiger partial charge in [0.2, 0.25) is 0 Å². The van der Waals surface area contributed by atoms with Crippen LogP contribution in [0.5, 0.6) is 0 Å². The standard InChI is InChI=1S/C16H27FN2O/c1-13(2)19(9-10-20-4)16(3,12-18)11-14-5-7-15(17)8-6-14/h5-8,13H,9-12,18H2,1-4H3. The van der Waals surface area contributed by atoms with E-state index in [1.54, 1.807) is 7.11 Å². The minimum atomic E-state index is -0.205. The van der Waals surface area contributed by atoms with Crippen molar-refractivity contribution in [3.63, 3.8) is 0 Å². The van der Waals surface area contributed by atoms with Crippen molar-refractivity contribution in [2.45, 2.75) is 38.8 Å². The molecular formula is C16H27FN2O. The molecular weight excluding hydrogens is 255 g/mol. The molecule has 0 radical (unpaired) electrons. The van der Waals surface area contributed by atoms with Crippen LogP contribution in [0.3, 0.4) is 0 Å². The van der Waals surface area contributed by atoms with Crippen molar-refractivity contribution in [3.8, 4) is 0 Å². The van der Waals surface area contributed by atoms with E-state index in [0.29, 0.717) is 19.2 Å². The molecule has 0 aromatic heterocycles. The SMILES string of the molecule is COCCN(C(C)C)C(C)(CN)Cc1ccc(F)cc1. The maximum absolute atomic E-state index is 13.0. The number of hydrogen-bond donors (Lipinski definition) is 1. The molecule has 0 saturated heterocycles. The first-order chi connectivity index (χ1) is 9.42. The van der Waals surface area contributed by atoms with E-state index < -0.39 is 0 Å². The van der Waals surface area contributed by atoms with Gasteiger partial charge in [0.15, 0.2) is 0 Å². The fourth-order valence-corrected chi connectivity index (χ4v) is 2.67. The van der Waals surface area contributed by atoms with Gasteiger partial charge in [0, 0.05) is 31.8 Å². The average Bonchev–Trinajstić information content (AvgIpc) is 2.41. The van der Waals surface area contributed by atoms with Crippen molar-refractivity contribution in [1.82, 2.24) is 4.90 Å². The first kappa shape index (κ1) is 17.1. The van der Waals surface area contributed by atoms with Gasteiger partial charge in [-0.25, -0.2) is 4.39 Å². The van der Waals surface area contributed by atoms with Crippen LogP contribution in [-0.2, 0) is 11.2 Å². The number of nitrogens with two attached hydrogens (primary N) is 1. The molecule has 1 unspecified atom stereocenters. The first-order valence-corrected chi connectivity index (χ1v) is 7.13. The second kappa shape index (κ2) is 7.72. The van der Waals surface area contributed by atoms with Crippen molar-refractivity contribution in [2.24, 2.45) is 5.73 Å². The minimum absolute atomic E-state index is 0.162. The van der Waals surface area contributed by atoms with Crippen LogP contribution in [0.15, 0.2) is 24.3 Å². The molecule has 20 heavy (non-hydrogen) atoms. The Kier molecular flexibility index (Phi) is 6.59. The van der Waals surface area contributed by atoms with Gasteiger partial charge in [0.05, 0.1) is 6.61 Å². The van der Waals surface area contributed by atoms with Crippen LogP contribution in [0.2, 0.25) is 0 Å². The second-order valence-corrected chi connectivity index (χ2v) is 5.78. The molecule has 1 rings (SSSR count). The molecule has 0 saturated carbocycles. The highest BCUT2D eigenvalue weighted by molar-refractivity contribution is 5.19. The van der Waals surface area contributed by atoms with Gasteiger partial charge in [0.1, 0.15) is 5.82 Å². The van der Waals surface area contributed by atoms with Gasteiger partial charge in [-0.05, 0) is 44.9 Å². The summed E-state index contributed by atoms with van der Waals surface area (Å²) < 4.78 is 18.2. The van der Waals surface area contributed by atoms with Gasteiger partial charge in [-0.1, -0.05) is 12.1 Å². The Morgan fingerprint density at radius 2 is 1.90 bits per heavy atom. The smallest absolute Gasteiger partial charge is 0.123 e. The Morgan fingerprint density at radius 1 is 1.30 bits per heavy atom. The largest absolute Gasteiger partial charge is 0.383 e. The lowest BCUT2D eigenvalue weighted by molar-refractivity contribution is 0.0450. The first-order valence-electron chi connectivity index (χ1n) is 7.13. The summed E-state index contributed by atoms with van der Waals surface area (Å²) in [6.45, 7) is 8.54. The second-order valence-electron chi connectivity index (χ2n) is 5.78. The van der Waals surface area contributed by atoms with Crippen LogP contribution in [0.1, 0.15) is 26.3 Å². The number of rotatable bonds is 8. The van der Waals surface area contributed by atoms with Gasteiger partial charge in [-0.2, -0.15) is 0 Å². The number of methoxy groups -OCH3 is 1. The molecule has 0 spiro atoms. The zero-order chi connectivity index (χ0) is 15.2.